The Morgan fingerprint density at radius 1 is 1.37 bits per heavy atom. The Labute approximate surface area is 111 Å². The highest BCUT2D eigenvalue weighted by Gasteiger charge is 2.50. The highest BCUT2D eigenvalue weighted by atomic mass is 16.5. The molecule has 5 heteroatoms. The van der Waals surface area contributed by atoms with Crippen molar-refractivity contribution in [3.63, 3.8) is 0 Å². The van der Waals surface area contributed by atoms with Crippen molar-refractivity contribution in [2.45, 2.75) is 19.8 Å². The summed E-state index contributed by atoms with van der Waals surface area (Å²) in [4.78, 5) is 23.1. The average molecular weight is 263 g/mol. The van der Waals surface area contributed by atoms with Crippen LogP contribution in [0.2, 0.25) is 0 Å². The zero-order valence-electron chi connectivity index (χ0n) is 10.8. The maximum atomic E-state index is 12.1. The van der Waals surface area contributed by atoms with Crippen LogP contribution in [0.25, 0.3) is 0 Å². The van der Waals surface area contributed by atoms with Crippen molar-refractivity contribution in [3.05, 3.63) is 29.8 Å². The molecule has 19 heavy (non-hydrogen) atoms. The van der Waals surface area contributed by atoms with Crippen LogP contribution in [0.1, 0.15) is 30.1 Å². The van der Waals surface area contributed by atoms with Crippen LogP contribution in [0.4, 0.5) is 0 Å². The van der Waals surface area contributed by atoms with Crippen molar-refractivity contribution >= 4 is 11.9 Å². The molecule has 0 spiro atoms. The number of rotatable bonds is 6. The molecule has 0 aliphatic heterocycles. The molecule has 1 aromatic carbocycles. The topological polar surface area (TPSA) is 75.6 Å². The standard InChI is InChI=1S/C14H17NO4/c1-2-19-11-6-4-3-5-10(11)12(16)15-9-14(7-8-14)13(17)18/h3-6H,2,7-9H2,1H3,(H,15,16)(H,17,18). The van der Waals surface area contributed by atoms with Gasteiger partial charge in [-0.2, -0.15) is 0 Å². The molecule has 0 bridgehead atoms. The first-order valence-electron chi connectivity index (χ1n) is 6.32. The third kappa shape index (κ3) is 2.86. The van der Waals surface area contributed by atoms with E-state index in [0.29, 0.717) is 30.8 Å². The van der Waals surface area contributed by atoms with Gasteiger partial charge in [0, 0.05) is 6.54 Å². The minimum atomic E-state index is -0.842. The molecular weight excluding hydrogens is 246 g/mol. The van der Waals surface area contributed by atoms with Gasteiger partial charge >= 0.3 is 5.97 Å². The van der Waals surface area contributed by atoms with Gasteiger partial charge in [-0.25, -0.2) is 0 Å². The zero-order chi connectivity index (χ0) is 13.9. The zero-order valence-corrected chi connectivity index (χ0v) is 10.8. The molecular formula is C14H17NO4. The number of ether oxygens (including phenoxy) is 1. The number of hydrogen-bond acceptors (Lipinski definition) is 3. The number of carboxylic acids is 1. The second-order valence-corrected chi connectivity index (χ2v) is 4.70. The number of aliphatic carboxylic acids is 1. The van der Waals surface area contributed by atoms with Crippen LogP contribution >= 0.6 is 0 Å². The Bertz CT molecular complexity index is 494. The van der Waals surface area contributed by atoms with Gasteiger partial charge in [0.2, 0.25) is 0 Å². The van der Waals surface area contributed by atoms with Crippen molar-refractivity contribution in [1.82, 2.24) is 5.32 Å². The third-order valence-corrected chi connectivity index (χ3v) is 3.33. The summed E-state index contributed by atoms with van der Waals surface area (Å²) in [6, 6.07) is 6.94. The van der Waals surface area contributed by atoms with Gasteiger partial charge < -0.3 is 15.2 Å². The van der Waals surface area contributed by atoms with Gasteiger partial charge in [0.05, 0.1) is 17.6 Å². The quantitative estimate of drug-likeness (QED) is 0.818. The van der Waals surface area contributed by atoms with E-state index in [-0.39, 0.29) is 12.5 Å². The Kier molecular flexibility index (Phi) is 3.74. The molecule has 0 saturated heterocycles. The maximum absolute atomic E-state index is 12.1. The minimum absolute atomic E-state index is 0.168. The second-order valence-electron chi connectivity index (χ2n) is 4.70. The molecule has 0 atom stereocenters. The average Bonchev–Trinajstić information content (AvgIpc) is 3.18. The Balaban J connectivity index is 2.02. The van der Waals surface area contributed by atoms with Gasteiger partial charge in [-0.15, -0.1) is 0 Å². The van der Waals surface area contributed by atoms with Crippen LogP contribution in [-0.4, -0.2) is 30.1 Å². The van der Waals surface area contributed by atoms with Crippen molar-refractivity contribution < 1.29 is 19.4 Å². The van der Waals surface area contributed by atoms with Crippen LogP contribution in [0.15, 0.2) is 24.3 Å². The molecule has 2 rings (SSSR count). The number of hydrogen-bond donors (Lipinski definition) is 2. The summed E-state index contributed by atoms with van der Waals surface area (Å²) >= 11 is 0. The SMILES string of the molecule is CCOc1ccccc1C(=O)NCC1(C(=O)O)CC1. The molecule has 102 valence electrons. The fourth-order valence-corrected chi connectivity index (χ4v) is 1.90. The first-order chi connectivity index (χ1) is 9.09. The summed E-state index contributed by atoms with van der Waals surface area (Å²) in [6.07, 6.45) is 1.24. The third-order valence-electron chi connectivity index (χ3n) is 3.33. The lowest BCUT2D eigenvalue weighted by Gasteiger charge is -2.13. The summed E-state index contributed by atoms with van der Waals surface area (Å²) in [7, 11) is 0. The summed E-state index contributed by atoms with van der Waals surface area (Å²) in [5.41, 5.74) is -0.318. The summed E-state index contributed by atoms with van der Waals surface area (Å²) in [6.45, 7) is 2.49. The number of para-hydroxylation sites is 1. The Morgan fingerprint density at radius 3 is 2.63 bits per heavy atom. The molecule has 1 saturated carbocycles. The summed E-state index contributed by atoms with van der Waals surface area (Å²) in [5.74, 6) is -0.620. The van der Waals surface area contributed by atoms with E-state index in [4.69, 9.17) is 9.84 Å². The molecule has 1 aliphatic rings. The van der Waals surface area contributed by atoms with Crippen molar-refractivity contribution in [2.24, 2.45) is 5.41 Å². The predicted molar refractivity (Wildman–Crippen MR) is 69.2 cm³/mol. The van der Waals surface area contributed by atoms with Crippen LogP contribution in [0.5, 0.6) is 5.75 Å². The van der Waals surface area contributed by atoms with E-state index in [1.165, 1.54) is 0 Å². The van der Waals surface area contributed by atoms with E-state index in [1.54, 1.807) is 24.3 Å². The van der Waals surface area contributed by atoms with E-state index in [2.05, 4.69) is 5.32 Å². The number of carboxylic acid groups (broad SMARTS) is 1. The first-order valence-corrected chi connectivity index (χ1v) is 6.32. The van der Waals surface area contributed by atoms with Crippen molar-refractivity contribution in [1.29, 1.82) is 0 Å². The van der Waals surface area contributed by atoms with Crippen LogP contribution in [0, 0.1) is 5.41 Å². The number of benzene rings is 1. The number of nitrogens with one attached hydrogen (secondary N) is 1. The smallest absolute Gasteiger partial charge is 0.311 e. The summed E-state index contributed by atoms with van der Waals surface area (Å²) in [5, 5.41) is 11.7. The number of carbonyl (C=O) groups excluding carboxylic acids is 1. The Hall–Kier alpha value is -2.04. The molecule has 0 aromatic heterocycles. The van der Waals surface area contributed by atoms with Crippen LogP contribution < -0.4 is 10.1 Å². The molecule has 0 radical (unpaired) electrons. The lowest BCUT2D eigenvalue weighted by atomic mass is 10.1. The lowest BCUT2D eigenvalue weighted by molar-refractivity contribution is -0.143. The molecule has 5 nitrogen and oxygen atoms in total. The highest BCUT2D eigenvalue weighted by Crippen LogP contribution is 2.45. The van der Waals surface area contributed by atoms with Gasteiger partial charge in [0.25, 0.3) is 5.91 Å². The van der Waals surface area contributed by atoms with Gasteiger partial charge in [-0.1, -0.05) is 12.1 Å². The van der Waals surface area contributed by atoms with Gasteiger partial charge in [0.15, 0.2) is 0 Å². The van der Waals surface area contributed by atoms with Crippen molar-refractivity contribution in [3.8, 4) is 5.75 Å². The van der Waals surface area contributed by atoms with E-state index >= 15 is 0 Å². The van der Waals surface area contributed by atoms with E-state index in [1.807, 2.05) is 6.92 Å². The molecule has 0 heterocycles. The van der Waals surface area contributed by atoms with Gasteiger partial charge in [0.1, 0.15) is 5.75 Å². The molecule has 0 unspecified atom stereocenters. The largest absolute Gasteiger partial charge is 0.493 e. The van der Waals surface area contributed by atoms with Crippen LogP contribution in [0.3, 0.4) is 0 Å². The molecule has 1 amide bonds. The van der Waals surface area contributed by atoms with E-state index < -0.39 is 11.4 Å². The summed E-state index contributed by atoms with van der Waals surface area (Å²) < 4.78 is 5.38. The normalized spacial score (nSPS) is 15.6. The number of carbonyl (C=O) groups is 2. The molecule has 1 aliphatic carbocycles. The second kappa shape index (κ2) is 5.30. The molecule has 1 fully saturated rings. The van der Waals surface area contributed by atoms with Crippen molar-refractivity contribution in [2.75, 3.05) is 13.2 Å². The maximum Gasteiger partial charge on any atom is 0.311 e. The van der Waals surface area contributed by atoms with Gasteiger partial charge in [-0.3, -0.25) is 9.59 Å². The number of amides is 1. The molecule has 2 N–H and O–H groups in total. The lowest BCUT2D eigenvalue weighted by Crippen LogP contribution is -2.34. The highest BCUT2D eigenvalue weighted by molar-refractivity contribution is 5.97. The van der Waals surface area contributed by atoms with Gasteiger partial charge in [-0.05, 0) is 31.9 Å². The monoisotopic (exact) mass is 263 g/mol. The Morgan fingerprint density at radius 2 is 2.05 bits per heavy atom. The fraction of sp³-hybridized carbons (Fsp3) is 0.429. The first kappa shape index (κ1) is 13.4. The van der Waals surface area contributed by atoms with E-state index in [9.17, 15) is 9.59 Å². The van der Waals surface area contributed by atoms with Crippen LogP contribution in [-0.2, 0) is 4.79 Å². The minimum Gasteiger partial charge on any atom is -0.493 e. The van der Waals surface area contributed by atoms with E-state index in [0.717, 1.165) is 0 Å². The molecule has 1 aromatic rings. The predicted octanol–water partition coefficient (Wildman–Crippen LogP) is 1.68. The fourth-order valence-electron chi connectivity index (χ4n) is 1.90.